The van der Waals surface area contributed by atoms with E-state index in [0.29, 0.717) is 0 Å². The third-order valence-electron chi connectivity index (χ3n) is 3.01. The average Bonchev–Trinajstić information content (AvgIpc) is 2.88. The van der Waals surface area contributed by atoms with Crippen molar-refractivity contribution in [3.8, 4) is 0 Å². The summed E-state index contributed by atoms with van der Waals surface area (Å²) in [6, 6.07) is 21.0. The second-order valence-corrected chi connectivity index (χ2v) is 4.40. The summed E-state index contributed by atoms with van der Waals surface area (Å²) in [6.45, 7) is 0. The van der Waals surface area contributed by atoms with Crippen molar-refractivity contribution in [1.82, 2.24) is 9.97 Å². The van der Waals surface area contributed by atoms with Gasteiger partial charge in [0.05, 0.1) is 5.52 Å². The first-order valence-electron chi connectivity index (χ1n) is 6.36. The number of hydrogen-bond acceptors (Lipinski definition) is 1. The van der Waals surface area contributed by atoms with E-state index in [2.05, 4.69) is 22.1 Å². The van der Waals surface area contributed by atoms with Crippen molar-refractivity contribution in [2.45, 2.75) is 0 Å². The topological polar surface area (TPSA) is 28.7 Å². The fraction of sp³-hybridized carbons (Fsp3) is 0. The van der Waals surface area contributed by atoms with Crippen LogP contribution in [0.2, 0.25) is 0 Å². The lowest BCUT2D eigenvalue weighted by Crippen LogP contribution is -1.73. The molecule has 0 aliphatic rings. The number of fused-ring (bicyclic) bond motifs is 2. The first-order chi connectivity index (χ1) is 9.83. The molecular weight excluding hydrogens is 287 g/mol. The van der Waals surface area contributed by atoms with Gasteiger partial charge in [0.1, 0.15) is 0 Å². The van der Waals surface area contributed by atoms with Crippen LogP contribution in [0.1, 0.15) is 0 Å². The van der Waals surface area contributed by atoms with E-state index in [1.165, 1.54) is 11.5 Å². The van der Waals surface area contributed by atoms with Crippen LogP contribution >= 0.6 is 12.4 Å². The Hall–Kier alpha value is -2.39. The maximum Gasteiger partial charge on any atom is 0.192 e. The predicted molar refractivity (Wildman–Crippen MR) is 87.2 cm³/mol. The molecule has 0 fully saturated rings. The van der Waals surface area contributed by atoms with Crippen LogP contribution in [-0.4, -0.2) is 9.97 Å². The lowest BCUT2D eigenvalue weighted by atomic mass is 10.2. The summed E-state index contributed by atoms with van der Waals surface area (Å²) in [6.07, 6.45) is 1.81. The maximum atomic E-state index is 12.5. The predicted octanol–water partition coefficient (Wildman–Crippen LogP) is 4.96. The van der Waals surface area contributed by atoms with Crippen LogP contribution in [0.4, 0.5) is 4.39 Å². The van der Waals surface area contributed by atoms with Gasteiger partial charge in [-0.3, -0.25) is 4.98 Å². The van der Waals surface area contributed by atoms with E-state index in [1.54, 1.807) is 0 Å². The van der Waals surface area contributed by atoms with Gasteiger partial charge in [-0.2, -0.15) is 4.39 Å². The van der Waals surface area contributed by atoms with Crippen molar-refractivity contribution in [2.75, 3.05) is 0 Å². The third kappa shape index (κ3) is 3.58. The Morgan fingerprint density at radius 1 is 0.810 bits per heavy atom. The van der Waals surface area contributed by atoms with E-state index in [0.717, 1.165) is 16.4 Å². The van der Waals surface area contributed by atoms with Gasteiger partial charge in [0.25, 0.3) is 0 Å². The van der Waals surface area contributed by atoms with Gasteiger partial charge in [-0.15, -0.1) is 12.4 Å². The van der Waals surface area contributed by atoms with Crippen molar-refractivity contribution < 1.29 is 4.39 Å². The number of halogens is 2. The first-order valence-corrected chi connectivity index (χ1v) is 6.36. The Bertz CT molecular complexity index is 744. The summed E-state index contributed by atoms with van der Waals surface area (Å²) >= 11 is 0. The van der Waals surface area contributed by atoms with Crippen molar-refractivity contribution in [1.29, 1.82) is 0 Å². The fourth-order valence-corrected chi connectivity index (χ4v) is 2.05. The molecule has 4 aromatic rings. The average molecular weight is 301 g/mol. The van der Waals surface area contributed by atoms with E-state index in [9.17, 15) is 4.39 Å². The molecule has 106 valence electrons. The molecule has 0 unspecified atom stereocenters. The van der Waals surface area contributed by atoms with Crippen LogP contribution in [0.25, 0.3) is 21.8 Å². The molecule has 21 heavy (non-hydrogen) atoms. The minimum absolute atomic E-state index is 0. The molecule has 0 atom stereocenters. The molecule has 2 aromatic heterocycles. The normalized spacial score (nSPS) is 9.76. The quantitative estimate of drug-likeness (QED) is 0.488. The maximum absolute atomic E-state index is 12.5. The van der Waals surface area contributed by atoms with Crippen molar-refractivity contribution in [3.05, 3.63) is 78.9 Å². The Morgan fingerprint density at radius 3 is 2.24 bits per heavy atom. The number of para-hydroxylation sites is 2. The SMILES string of the molecule is Cl.Fc1cc2ccccc2[nH]1.c1ccc2ncccc2c1. The number of H-pyrrole nitrogens is 1. The first kappa shape index (κ1) is 15.0. The summed E-state index contributed by atoms with van der Waals surface area (Å²) in [7, 11) is 0. The summed E-state index contributed by atoms with van der Waals surface area (Å²) < 4.78 is 12.5. The highest BCUT2D eigenvalue weighted by Crippen LogP contribution is 2.12. The van der Waals surface area contributed by atoms with Gasteiger partial charge < -0.3 is 4.98 Å². The van der Waals surface area contributed by atoms with Crippen LogP contribution in [-0.2, 0) is 0 Å². The van der Waals surface area contributed by atoms with Crippen LogP contribution < -0.4 is 0 Å². The van der Waals surface area contributed by atoms with Gasteiger partial charge in [-0.1, -0.05) is 42.5 Å². The van der Waals surface area contributed by atoms with E-state index < -0.39 is 0 Å². The molecule has 4 rings (SSSR count). The molecule has 1 N–H and O–H groups in total. The van der Waals surface area contributed by atoms with Crippen molar-refractivity contribution >= 4 is 34.2 Å². The van der Waals surface area contributed by atoms with Gasteiger partial charge in [0.2, 0.25) is 0 Å². The van der Waals surface area contributed by atoms with Gasteiger partial charge in [0, 0.05) is 28.6 Å². The fourth-order valence-electron chi connectivity index (χ4n) is 2.05. The summed E-state index contributed by atoms with van der Waals surface area (Å²) in [5, 5.41) is 2.12. The molecule has 0 bridgehead atoms. The zero-order chi connectivity index (χ0) is 13.8. The summed E-state index contributed by atoms with van der Waals surface area (Å²) in [4.78, 5) is 6.77. The number of rotatable bonds is 0. The van der Waals surface area contributed by atoms with Crippen LogP contribution in [0.5, 0.6) is 0 Å². The molecule has 2 nitrogen and oxygen atoms in total. The molecule has 0 saturated heterocycles. The molecule has 2 heterocycles. The van der Waals surface area contributed by atoms with E-state index >= 15 is 0 Å². The Labute approximate surface area is 128 Å². The largest absolute Gasteiger partial charge is 0.331 e. The highest BCUT2D eigenvalue weighted by molar-refractivity contribution is 5.85. The van der Waals surface area contributed by atoms with Gasteiger partial charge in [-0.25, -0.2) is 0 Å². The summed E-state index contributed by atoms with van der Waals surface area (Å²) in [5.41, 5.74) is 1.91. The standard InChI is InChI=1S/C9H7N.C8H6FN.ClH/c1-2-6-9-8(4-1)5-3-7-10-9;9-8-5-6-3-1-2-4-7(6)10-8;/h1-7H;1-5,10H;1H. The number of benzene rings is 2. The van der Waals surface area contributed by atoms with E-state index in [1.807, 2.05) is 54.7 Å². The molecule has 0 amide bonds. The summed E-state index contributed by atoms with van der Waals surface area (Å²) in [5.74, 6) is -0.277. The lowest BCUT2D eigenvalue weighted by Gasteiger charge is -1.91. The molecule has 0 radical (unpaired) electrons. The second kappa shape index (κ2) is 6.86. The van der Waals surface area contributed by atoms with E-state index in [4.69, 9.17) is 0 Å². The lowest BCUT2D eigenvalue weighted by molar-refractivity contribution is 0.595. The highest BCUT2D eigenvalue weighted by atomic mass is 35.5. The van der Waals surface area contributed by atoms with Gasteiger partial charge in [0.15, 0.2) is 5.95 Å². The molecule has 0 aliphatic heterocycles. The minimum Gasteiger partial charge on any atom is -0.331 e. The molecule has 2 aromatic carbocycles. The number of aromatic amines is 1. The number of nitrogens with one attached hydrogen (secondary N) is 1. The van der Waals surface area contributed by atoms with Crippen molar-refractivity contribution in [2.24, 2.45) is 0 Å². The second-order valence-electron chi connectivity index (χ2n) is 4.40. The Morgan fingerprint density at radius 2 is 1.48 bits per heavy atom. The smallest absolute Gasteiger partial charge is 0.192 e. The number of pyridine rings is 1. The van der Waals surface area contributed by atoms with Crippen LogP contribution in [0.15, 0.2) is 72.9 Å². The van der Waals surface area contributed by atoms with Crippen LogP contribution in [0, 0.1) is 5.95 Å². The zero-order valence-corrected chi connectivity index (χ0v) is 12.0. The number of nitrogens with zero attached hydrogens (tertiary/aromatic N) is 1. The monoisotopic (exact) mass is 300 g/mol. The Balaban J connectivity index is 0.000000147. The van der Waals surface area contributed by atoms with Crippen molar-refractivity contribution in [3.63, 3.8) is 0 Å². The van der Waals surface area contributed by atoms with Gasteiger partial charge >= 0.3 is 0 Å². The Kier molecular flexibility index (Phi) is 4.90. The number of hydrogen-bond donors (Lipinski definition) is 1. The van der Waals surface area contributed by atoms with E-state index in [-0.39, 0.29) is 18.4 Å². The zero-order valence-electron chi connectivity index (χ0n) is 11.2. The molecular formula is C17H14ClFN2. The molecule has 0 spiro atoms. The third-order valence-corrected chi connectivity index (χ3v) is 3.01. The highest BCUT2D eigenvalue weighted by Gasteiger charge is 1.95. The minimum atomic E-state index is -0.277. The molecule has 0 saturated carbocycles. The number of aromatic nitrogens is 2. The van der Waals surface area contributed by atoms with Crippen LogP contribution in [0.3, 0.4) is 0 Å². The molecule has 0 aliphatic carbocycles. The van der Waals surface area contributed by atoms with Gasteiger partial charge in [-0.05, 0) is 18.2 Å². The molecule has 4 heteroatoms.